The first-order valence-corrected chi connectivity index (χ1v) is 8.88. The van der Waals surface area contributed by atoms with Gasteiger partial charge in [-0.05, 0) is 57.5 Å². The Morgan fingerprint density at radius 3 is 2.73 bits per heavy atom. The molecule has 0 amide bonds. The zero-order valence-corrected chi connectivity index (χ0v) is 15.5. The van der Waals surface area contributed by atoms with Crippen LogP contribution in [0.15, 0.2) is 36.4 Å². The number of hydrogen-bond donors (Lipinski definition) is 2. The van der Waals surface area contributed by atoms with Crippen molar-refractivity contribution in [2.75, 3.05) is 11.9 Å². The number of ether oxygens (including phenoxy) is 1. The SMILES string of the molecule is CCOc1cc([C@H]2Nc3c(C)cc(C)cc3-c3cc(C)nn32)ccc1O. The predicted molar refractivity (Wildman–Crippen MR) is 103 cm³/mol. The molecule has 1 aliphatic heterocycles. The fourth-order valence-corrected chi connectivity index (χ4v) is 3.67. The van der Waals surface area contributed by atoms with Crippen LogP contribution in [0.1, 0.15) is 35.5 Å². The van der Waals surface area contributed by atoms with Gasteiger partial charge in [-0.25, -0.2) is 4.68 Å². The molecule has 5 nitrogen and oxygen atoms in total. The van der Waals surface area contributed by atoms with Gasteiger partial charge >= 0.3 is 0 Å². The zero-order valence-electron chi connectivity index (χ0n) is 15.5. The predicted octanol–water partition coefficient (Wildman–Crippen LogP) is 4.55. The topological polar surface area (TPSA) is 59.3 Å². The molecule has 0 spiro atoms. The summed E-state index contributed by atoms with van der Waals surface area (Å²) < 4.78 is 7.58. The van der Waals surface area contributed by atoms with Crippen LogP contribution in [-0.2, 0) is 0 Å². The molecular formula is C21H23N3O2. The second kappa shape index (κ2) is 6.09. The largest absolute Gasteiger partial charge is 0.504 e. The van der Waals surface area contributed by atoms with E-state index in [4.69, 9.17) is 9.84 Å². The second-order valence-corrected chi connectivity index (χ2v) is 6.83. The van der Waals surface area contributed by atoms with Gasteiger partial charge in [0.05, 0.1) is 18.0 Å². The van der Waals surface area contributed by atoms with Crippen LogP contribution >= 0.6 is 0 Å². The van der Waals surface area contributed by atoms with Gasteiger partial charge in [0.25, 0.3) is 0 Å². The molecule has 134 valence electrons. The monoisotopic (exact) mass is 349 g/mol. The van der Waals surface area contributed by atoms with Gasteiger partial charge in [0.15, 0.2) is 11.5 Å². The molecule has 26 heavy (non-hydrogen) atoms. The van der Waals surface area contributed by atoms with Gasteiger partial charge in [0, 0.05) is 16.8 Å². The van der Waals surface area contributed by atoms with E-state index in [-0.39, 0.29) is 11.9 Å². The Morgan fingerprint density at radius 1 is 1.15 bits per heavy atom. The summed E-state index contributed by atoms with van der Waals surface area (Å²) >= 11 is 0. The highest BCUT2D eigenvalue weighted by Crippen LogP contribution is 2.42. The summed E-state index contributed by atoms with van der Waals surface area (Å²) in [6.07, 6.45) is -0.160. The van der Waals surface area contributed by atoms with E-state index in [1.54, 1.807) is 6.07 Å². The molecule has 1 aliphatic rings. The van der Waals surface area contributed by atoms with E-state index >= 15 is 0 Å². The molecule has 2 heterocycles. The number of aryl methyl sites for hydroxylation is 3. The van der Waals surface area contributed by atoms with E-state index in [2.05, 4.69) is 37.4 Å². The van der Waals surface area contributed by atoms with Crippen LogP contribution in [0.25, 0.3) is 11.3 Å². The number of benzene rings is 2. The molecule has 1 aromatic heterocycles. The molecule has 3 aromatic rings. The second-order valence-electron chi connectivity index (χ2n) is 6.83. The lowest BCUT2D eigenvalue weighted by molar-refractivity contribution is 0.317. The quantitative estimate of drug-likeness (QED) is 0.728. The fourth-order valence-electron chi connectivity index (χ4n) is 3.67. The van der Waals surface area contributed by atoms with Crippen molar-refractivity contribution < 1.29 is 9.84 Å². The molecule has 0 radical (unpaired) electrons. The summed E-state index contributed by atoms with van der Waals surface area (Å²) in [5.41, 5.74) is 7.79. The van der Waals surface area contributed by atoms with Crippen LogP contribution in [-0.4, -0.2) is 21.5 Å². The Bertz CT molecular complexity index is 991. The molecule has 0 fully saturated rings. The van der Waals surface area contributed by atoms with Crippen molar-refractivity contribution in [2.45, 2.75) is 33.9 Å². The maximum absolute atomic E-state index is 10.0. The summed E-state index contributed by atoms with van der Waals surface area (Å²) in [5.74, 6) is 0.638. The van der Waals surface area contributed by atoms with Crippen LogP contribution in [0.3, 0.4) is 0 Å². The number of nitrogens with one attached hydrogen (secondary N) is 1. The third-order valence-electron chi connectivity index (χ3n) is 4.74. The first-order chi connectivity index (χ1) is 12.5. The van der Waals surface area contributed by atoms with Crippen molar-refractivity contribution in [1.29, 1.82) is 0 Å². The summed E-state index contributed by atoms with van der Waals surface area (Å²) in [5, 5.41) is 18.4. The van der Waals surface area contributed by atoms with E-state index in [0.29, 0.717) is 12.4 Å². The van der Waals surface area contributed by atoms with Gasteiger partial charge in [-0.15, -0.1) is 0 Å². The number of rotatable bonds is 3. The van der Waals surface area contributed by atoms with Gasteiger partial charge < -0.3 is 15.2 Å². The minimum atomic E-state index is -0.160. The van der Waals surface area contributed by atoms with E-state index < -0.39 is 0 Å². The van der Waals surface area contributed by atoms with Gasteiger partial charge in [-0.2, -0.15) is 5.10 Å². The first kappa shape index (κ1) is 16.5. The molecule has 1 atom stereocenters. The first-order valence-electron chi connectivity index (χ1n) is 8.88. The zero-order chi connectivity index (χ0) is 18.4. The maximum Gasteiger partial charge on any atom is 0.161 e. The number of nitrogens with zero attached hydrogens (tertiary/aromatic N) is 2. The third-order valence-corrected chi connectivity index (χ3v) is 4.74. The highest BCUT2D eigenvalue weighted by Gasteiger charge is 2.28. The Hall–Kier alpha value is -2.95. The van der Waals surface area contributed by atoms with Crippen molar-refractivity contribution in [1.82, 2.24) is 9.78 Å². The van der Waals surface area contributed by atoms with Crippen LogP contribution in [0.2, 0.25) is 0 Å². The Balaban J connectivity index is 1.88. The molecule has 0 bridgehead atoms. The van der Waals surface area contributed by atoms with Crippen molar-refractivity contribution in [3.05, 3.63) is 58.8 Å². The number of anilines is 1. The van der Waals surface area contributed by atoms with E-state index in [0.717, 1.165) is 22.6 Å². The molecule has 0 saturated carbocycles. The van der Waals surface area contributed by atoms with E-state index in [9.17, 15) is 5.11 Å². The number of hydrogen-bond acceptors (Lipinski definition) is 4. The molecule has 4 rings (SSSR count). The molecule has 2 aromatic carbocycles. The van der Waals surface area contributed by atoms with Crippen LogP contribution in [0.4, 0.5) is 5.69 Å². The van der Waals surface area contributed by atoms with Crippen molar-refractivity contribution in [2.24, 2.45) is 0 Å². The number of phenols is 1. The fraction of sp³-hybridized carbons (Fsp3) is 0.286. The lowest BCUT2D eigenvalue weighted by Gasteiger charge is -2.31. The minimum Gasteiger partial charge on any atom is -0.504 e. The molecule has 5 heteroatoms. The minimum absolute atomic E-state index is 0.149. The van der Waals surface area contributed by atoms with Crippen LogP contribution in [0, 0.1) is 20.8 Å². The summed E-state index contributed by atoms with van der Waals surface area (Å²) in [7, 11) is 0. The Labute approximate surface area is 153 Å². The normalized spacial score (nSPS) is 15.2. The molecule has 0 aliphatic carbocycles. The van der Waals surface area contributed by atoms with Gasteiger partial charge in [0.1, 0.15) is 6.17 Å². The van der Waals surface area contributed by atoms with Crippen LogP contribution < -0.4 is 10.1 Å². The summed E-state index contributed by atoms with van der Waals surface area (Å²) in [6, 6.07) is 12.0. The lowest BCUT2D eigenvalue weighted by atomic mass is 9.98. The number of aromatic nitrogens is 2. The van der Waals surface area contributed by atoms with Crippen molar-refractivity contribution in [3.63, 3.8) is 0 Å². The molecule has 0 saturated heterocycles. The number of phenolic OH excluding ortho intramolecular Hbond substituents is 1. The Kier molecular flexibility index (Phi) is 3.87. The third kappa shape index (κ3) is 2.60. The van der Waals surface area contributed by atoms with E-state index in [1.165, 1.54) is 16.7 Å². The highest BCUT2D eigenvalue weighted by molar-refractivity contribution is 5.82. The highest BCUT2D eigenvalue weighted by atomic mass is 16.5. The summed E-state index contributed by atoms with van der Waals surface area (Å²) in [6.45, 7) is 8.65. The number of aromatic hydroxyl groups is 1. The van der Waals surface area contributed by atoms with Crippen molar-refractivity contribution in [3.8, 4) is 22.8 Å². The average Bonchev–Trinajstić information content (AvgIpc) is 2.98. The van der Waals surface area contributed by atoms with Gasteiger partial charge in [-0.1, -0.05) is 17.7 Å². The van der Waals surface area contributed by atoms with Crippen molar-refractivity contribution >= 4 is 5.69 Å². The molecule has 2 N–H and O–H groups in total. The Morgan fingerprint density at radius 2 is 1.96 bits per heavy atom. The van der Waals surface area contributed by atoms with Crippen LogP contribution in [0.5, 0.6) is 11.5 Å². The standard InChI is InChI=1S/C21H23N3O2/c1-5-26-19-11-15(6-7-18(19)25)21-22-20-13(3)8-12(2)9-16(20)17-10-14(4)23-24(17)21/h6-11,21-22,25H,5H2,1-4H3/t21-/m0/s1. The van der Waals surface area contributed by atoms with Gasteiger partial charge in [-0.3, -0.25) is 0 Å². The molecular weight excluding hydrogens is 326 g/mol. The lowest BCUT2D eigenvalue weighted by Crippen LogP contribution is -2.26. The van der Waals surface area contributed by atoms with E-state index in [1.807, 2.05) is 30.7 Å². The summed E-state index contributed by atoms with van der Waals surface area (Å²) in [4.78, 5) is 0. The maximum atomic E-state index is 10.0. The average molecular weight is 349 g/mol. The van der Waals surface area contributed by atoms with Gasteiger partial charge in [0.2, 0.25) is 0 Å². The molecule has 0 unspecified atom stereocenters. The number of fused-ring (bicyclic) bond motifs is 3. The smallest absolute Gasteiger partial charge is 0.161 e.